The lowest BCUT2D eigenvalue weighted by atomic mass is 10.0. The second kappa shape index (κ2) is 8.45. The molecule has 0 radical (unpaired) electrons. The molecule has 4 aromatic rings. The number of aromatic nitrogens is 4. The van der Waals surface area contributed by atoms with Crippen molar-refractivity contribution < 1.29 is 9.53 Å². The molecule has 10 heteroatoms. The maximum absolute atomic E-state index is 13.0. The lowest BCUT2D eigenvalue weighted by Crippen LogP contribution is -2.34. The highest BCUT2D eigenvalue weighted by Gasteiger charge is 2.38. The van der Waals surface area contributed by atoms with Crippen molar-refractivity contribution in [3.05, 3.63) is 54.0 Å². The minimum absolute atomic E-state index is 0.123. The van der Waals surface area contributed by atoms with Gasteiger partial charge in [-0.15, -0.1) is 0 Å². The maximum Gasteiger partial charge on any atom is 0.254 e. The molecule has 3 aliphatic rings. The summed E-state index contributed by atoms with van der Waals surface area (Å²) in [5.74, 6) is 2.75. The molecule has 188 valence electrons. The summed E-state index contributed by atoms with van der Waals surface area (Å²) in [6, 6.07) is 8.27. The van der Waals surface area contributed by atoms with Crippen LogP contribution in [0.3, 0.4) is 0 Å². The van der Waals surface area contributed by atoms with Crippen LogP contribution in [-0.2, 0) is 13.6 Å². The summed E-state index contributed by atoms with van der Waals surface area (Å²) in [4.78, 5) is 29.6. The monoisotopic (exact) mass is 496 g/mol. The van der Waals surface area contributed by atoms with Crippen LogP contribution in [0.5, 0.6) is 5.75 Å². The molecule has 2 atom stereocenters. The van der Waals surface area contributed by atoms with E-state index < -0.39 is 0 Å². The summed E-state index contributed by atoms with van der Waals surface area (Å²) >= 11 is 0. The molecular weight excluding hydrogens is 468 g/mol. The number of fused-ring (bicyclic) bond motifs is 3. The predicted octanol–water partition coefficient (Wildman–Crippen LogP) is 2.82. The van der Waals surface area contributed by atoms with Gasteiger partial charge in [0, 0.05) is 80.3 Å². The first-order valence-corrected chi connectivity index (χ1v) is 12.6. The molecule has 0 bridgehead atoms. The van der Waals surface area contributed by atoms with Crippen molar-refractivity contribution in [3.8, 4) is 17.0 Å². The summed E-state index contributed by atoms with van der Waals surface area (Å²) in [5.41, 5.74) is 4.71. The Balaban J connectivity index is 1.28. The molecule has 0 spiro atoms. The fraction of sp³-hybridized carbons (Fsp3) is 0.333. The van der Waals surface area contributed by atoms with Gasteiger partial charge in [-0.3, -0.25) is 9.78 Å². The molecule has 0 aromatic carbocycles. The molecule has 2 fully saturated rings. The third-order valence-corrected chi connectivity index (χ3v) is 7.88. The average molecular weight is 497 g/mol. The predicted molar refractivity (Wildman–Crippen MR) is 141 cm³/mol. The second-order valence-corrected chi connectivity index (χ2v) is 9.92. The fourth-order valence-corrected chi connectivity index (χ4v) is 6.03. The van der Waals surface area contributed by atoms with Crippen molar-refractivity contribution in [1.82, 2.24) is 30.2 Å². The Hall–Kier alpha value is -4.18. The number of ether oxygens (including phenoxy) is 1. The van der Waals surface area contributed by atoms with E-state index in [1.165, 1.54) is 0 Å². The van der Waals surface area contributed by atoms with Crippen LogP contribution in [0, 0.1) is 5.92 Å². The van der Waals surface area contributed by atoms with E-state index in [0.717, 1.165) is 65.5 Å². The van der Waals surface area contributed by atoms with Crippen LogP contribution in [-0.4, -0.2) is 58.2 Å². The molecule has 7 heterocycles. The zero-order valence-electron chi connectivity index (χ0n) is 20.8. The molecule has 0 saturated carbocycles. The molecule has 0 aliphatic carbocycles. The quantitative estimate of drug-likeness (QED) is 0.387. The van der Waals surface area contributed by atoms with E-state index in [0.29, 0.717) is 35.6 Å². The fourth-order valence-electron chi connectivity index (χ4n) is 6.03. The standard InChI is InChI=1S/C27H28N8O2/c1-34-7-5-18-17(3-6-29-26(18)34)25-19-12-31-27(36)24(19)20(13-30-25)32-22-9-16(37-2)10-23(33-22)35-8-4-15-11-28-14-21(15)35/h3,5-7,9-10,13,15,21,28H,4,8,11-12,14H2,1-2H3,(H,31,36)(H,32,33)/t15-,21+/m1/s1. The number of carbonyl (C=O) groups excluding carboxylic acids is 1. The van der Waals surface area contributed by atoms with Gasteiger partial charge in [-0.2, -0.15) is 0 Å². The van der Waals surface area contributed by atoms with Crippen molar-refractivity contribution >= 4 is 34.3 Å². The van der Waals surface area contributed by atoms with Crippen LogP contribution >= 0.6 is 0 Å². The number of hydrogen-bond donors (Lipinski definition) is 3. The van der Waals surface area contributed by atoms with Crippen LogP contribution in [0.25, 0.3) is 22.3 Å². The topological polar surface area (TPSA) is 109 Å². The molecule has 3 N–H and O–H groups in total. The van der Waals surface area contributed by atoms with Crippen LogP contribution in [0.2, 0.25) is 0 Å². The number of rotatable bonds is 5. The normalized spacial score (nSPS) is 20.3. The van der Waals surface area contributed by atoms with Crippen molar-refractivity contribution in [2.24, 2.45) is 13.0 Å². The molecule has 2 saturated heterocycles. The molecule has 0 unspecified atom stereocenters. The number of methoxy groups -OCH3 is 1. The van der Waals surface area contributed by atoms with E-state index in [4.69, 9.17) is 14.7 Å². The van der Waals surface area contributed by atoms with Crippen molar-refractivity contribution in [1.29, 1.82) is 0 Å². The van der Waals surface area contributed by atoms with Gasteiger partial charge >= 0.3 is 0 Å². The van der Waals surface area contributed by atoms with Crippen LogP contribution in [0.4, 0.5) is 17.3 Å². The number of nitrogens with one attached hydrogen (secondary N) is 3. The van der Waals surface area contributed by atoms with Crippen molar-refractivity contribution in [2.45, 2.75) is 19.0 Å². The number of nitrogens with zero attached hydrogens (tertiary/aromatic N) is 5. The van der Waals surface area contributed by atoms with Gasteiger partial charge in [-0.25, -0.2) is 9.97 Å². The first kappa shape index (κ1) is 22.1. The first-order chi connectivity index (χ1) is 18.1. The zero-order chi connectivity index (χ0) is 25.1. The average Bonchev–Trinajstić information content (AvgIpc) is 3.69. The number of hydrogen-bond acceptors (Lipinski definition) is 8. The SMILES string of the molecule is COc1cc(Nc2cnc(-c3ccnc4c3ccn4C)c3c2C(=O)NC3)nc(N2CC[C@@H]3CNC[C@@H]32)c1. The smallest absolute Gasteiger partial charge is 0.254 e. The molecule has 3 aliphatic heterocycles. The van der Waals surface area contributed by atoms with Gasteiger partial charge in [0.15, 0.2) is 0 Å². The van der Waals surface area contributed by atoms with Gasteiger partial charge in [0.2, 0.25) is 0 Å². The minimum atomic E-state index is -0.123. The third-order valence-electron chi connectivity index (χ3n) is 7.88. The van der Waals surface area contributed by atoms with Gasteiger partial charge in [-0.1, -0.05) is 0 Å². The Morgan fingerprint density at radius 3 is 3.00 bits per heavy atom. The summed E-state index contributed by atoms with van der Waals surface area (Å²) < 4.78 is 7.59. The van der Waals surface area contributed by atoms with E-state index in [2.05, 4.69) is 25.8 Å². The summed E-state index contributed by atoms with van der Waals surface area (Å²) in [6.45, 7) is 3.42. The number of amides is 1. The van der Waals surface area contributed by atoms with Crippen LogP contribution < -0.4 is 25.6 Å². The zero-order valence-corrected chi connectivity index (χ0v) is 20.8. The first-order valence-electron chi connectivity index (χ1n) is 12.6. The molecule has 10 nitrogen and oxygen atoms in total. The number of anilines is 3. The van der Waals surface area contributed by atoms with Gasteiger partial charge < -0.3 is 30.2 Å². The third kappa shape index (κ3) is 3.51. The minimum Gasteiger partial charge on any atom is -0.496 e. The van der Waals surface area contributed by atoms with E-state index in [1.807, 2.05) is 42.1 Å². The van der Waals surface area contributed by atoms with Gasteiger partial charge in [0.25, 0.3) is 5.91 Å². The number of carbonyl (C=O) groups is 1. The summed E-state index contributed by atoms with van der Waals surface area (Å²) in [5, 5.41) is 10.9. The van der Waals surface area contributed by atoms with E-state index in [9.17, 15) is 4.79 Å². The van der Waals surface area contributed by atoms with E-state index in [1.54, 1.807) is 19.5 Å². The largest absolute Gasteiger partial charge is 0.496 e. The number of pyridine rings is 3. The van der Waals surface area contributed by atoms with Gasteiger partial charge in [0.1, 0.15) is 23.0 Å². The lowest BCUT2D eigenvalue weighted by molar-refractivity contribution is 0.0966. The molecule has 4 aromatic heterocycles. The Labute approximate surface area is 214 Å². The molecular formula is C27H28N8O2. The van der Waals surface area contributed by atoms with E-state index >= 15 is 0 Å². The molecule has 7 rings (SSSR count). The Morgan fingerprint density at radius 2 is 2.11 bits per heavy atom. The van der Waals surface area contributed by atoms with Crippen LogP contribution in [0.1, 0.15) is 22.3 Å². The maximum atomic E-state index is 13.0. The summed E-state index contributed by atoms with van der Waals surface area (Å²) in [7, 11) is 3.63. The Kier molecular flexibility index (Phi) is 5.03. The lowest BCUT2D eigenvalue weighted by Gasteiger charge is -2.25. The summed E-state index contributed by atoms with van der Waals surface area (Å²) in [6.07, 6.45) is 6.65. The molecule has 1 amide bonds. The van der Waals surface area contributed by atoms with Gasteiger partial charge in [-0.05, 0) is 24.5 Å². The second-order valence-electron chi connectivity index (χ2n) is 9.92. The highest BCUT2D eigenvalue weighted by molar-refractivity contribution is 6.06. The Morgan fingerprint density at radius 1 is 1.19 bits per heavy atom. The molecule has 37 heavy (non-hydrogen) atoms. The van der Waals surface area contributed by atoms with Crippen LogP contribution in [0.15, 0.2) is 42.9 Å². The van der Waals surface area contributed by atoms with Crippen molar-refractivity contribution in [2.75, 3.05) is 37.0 Å². The highest BCUT2D eigenvalue weighted by Crippen LogP contribution is 2.37. The van der Waals surface area contributed by atoms with Crippen molar-refractivity contribution in [3.63, 3.8) is 0 Å². The Bertz CT molecular complexity index is 1550. The number of aryl methyl sites for hydroxylation is 1. The van der Waals surface area contributed by atoms with Gasteiger partial charge in [0.05, 0.1) is 30.3 Å². The highest BCUT2D eigenvalue weighted by atomic mass is 16.5. The van der Waals surface area contributed by atoms with E-state index in [-0.39, 0.29) is 5.91 Å².